The summed E-state index contributed by atoms with van der Waals surface area (Å²) in [5.74, 6) is 1.27. The van der Waals surface area contributed by atoms with Crippen molar-refractivity contribution in [3.05, 3.63) is 65.6 Å². The Labute approximate surface area is 179 Å². The Bertz CT molecular complexity index is 1280. The summed E-state index contributed by atoms with van der Waals surface area (Å²) in [5, 5.41) is 14.5. The van der Waals surface area contributed by atoms with Crippen LogP contribution in [0.4, 0.5) is 5.82 Å². The van der Waals surface area contributed by atoms with Gasteiger partial charge >= 0.3 is 5.97 Å². The predicted octanol–water partition coefficient (Wildman–Crippen LogP) is 4.44. The Morgan fingerprint density at radius 3 is 2.65 bits per heavy atom. The number of nitrogens with one attached hydrogen (secondary N) is 1. The van der Waals surface area contributed by atoms with Crippen LogP contribution >= 0.6 is 0 Å². The van der Waals surface area contributed by atoms with Crippen molar-refractivity contribution in [2.75, 3.05) is 11.9 Å². The maximum Gasteiger partial charge on any atom is 0.335 e. The quantitative estimate of drug-likeness (QED) is 0.432. The molecule has 5 rings (SSSR count). The molecule has 2 aromatic carbocycles. The molecule has 1 aliphatic carbocycles. The molecule has 0 amide bonds. The monoisotopic (exact) mass is 414 g/mol. The first-order valence-electron chi connectivity index (χ1n) is 10.4. The van der Waals surface area contributed by atoms with E-state index in [0.29, 0.717) is 36.2 Å². The zero-order valence-corrected chi connectivity index (χ0v) is 17.1. The third-order valence-corrected chi connectivity index (χ3v) is 5.34. The molecular weight excluding hydrogens is 392 g/mol. The molecule has 31 heavy (non-hydrogen) atoms. The van der Waals surface area contributed by atoms with E-state index in [4.69, 9.17) is 14.7 Å². The van der Waals surface area contributed by atoms with E-state index in [2.05, 4.69) is 10.3 Å². The van der Waals surface area contributed by atoms with Crippen LogP contribution in [0.3, 0.4) is 0 Å². The first kappa shape index (κ1) is 19.2. The molecule has 2 heterocycles. The number of fused-ring (bicyclic) bond motifs is 3. The minimum absolute atomic E-state index is 0.213. The van der Waals surface area contributed by atoms with Gasteiger partial charge in [0.2, 0.25) is 0 Å². The van der Waals surface area contributed by atoms with Crippen molar-refractivity contribution in [2.45, 2.75) is 32.2 Å². The van der Waals surface area contributed by atoms with Crippen molar-refractivity contribution < 1.29 is 14.6 Å². The number of anilines is 1. The molecule has 0 bridgehead atoms. The van der Waals surface area contributed by atoms with Crippen LogP contribution in [0.1, 0.15) is 41.5 Å². The molecular formula is C24H22N4O3. The van der Waals surface area contributed by atoms with E-state index >= 15 is 0 Å². The van der Waals surface area contributed by atoms with Crippen LogP contribution in [0.15, 0.2) is 48.7 Å². The summed E-state index contributed by atoms with van der Waals surface area (Å²) in [7, 11) is 0. The van der Waals surface area contributed by atoms with Crippen LogP contribution in [0.5, 0.6) is 5.75 Å². The highest BCUT2D eigenvalue weighted by atomic mass is 16.5. The number of nitrogens with zero attached hydrogens (tertiary/aromatic N) is 3. The number of pyridine rings is 1. The average molecular weight is 414 g/mol. The number of hydrogen-bond donors (Lipinski definition) is 2. The number of carboxylic acid groups (broad SMARTS) is 1. The van der Waals surface area contributed by atoms with E-state index in [9.17, 15) is 9.90 Å². The van der Waals surface area contributed by atoms with Gasteiger partial charge in [-0.1, -0.05) is 18.2 Å². The maximum absolute atomic E-state index is 11.4. The predicted molar refractivity (Wildman–Crippen MR) is 119 cm³/mol. The molecule has 1 aliphatic rings. The number of ether oxygens (including phenoxy) is 1. The molecule has 4 aromatic rings. The second kappa shape index (κ2) is 7.83. The minimum atomic E-state index is -0.970. The molecule has 0 atom stereocenters. The van der Waals surface area contributed by atoms with Gasteiger partial charge in [0.1, 0.15) is 17.1 Å². The Morgan fingerprint density at radius 2 is 1.94 bits per heavy atom. The molecule has 0 aliphatic heterocycles. The minimum Gasteiger partial charge on any atom is -0.494 e. The zero-order valence-electron chi connectivity index (χ0n) is 17.1. The van der Waals surface area contributed by atoms with E-state index in [0.717, 1.165) is 40.4 Å². The lowest BCUT2D eigenvalue weighted by molar-refractivity contribution is 0.0697. The molecule has 0 unspecified atom stereocenters. The van der Waals surface area contributed by atoms with E-state index in [1.807, 2.05) is 37.4 Å². The summed E-state index contributed by atoms with van der Waals surface area (Å²) in [4.78, 5) is 25.5. The number of carboxylic acids is 1. The van der Waals surface area contributed by atoms with Gasteiger partial charge < -0.3 is 15.2 Å². The zero-order chi connectivity index (χ0) is 21.4. The summed E-state index contributed by atoms with van der Waals surface area (Å²) in [6, 6.07) is 13.3. The lowest BCUT2D eigenvalue weighted by Gasteiger charge is -2.12. The third-order valence-electron chi connectivity index (χ3n) is 5.34. The molecule has 2 aromatic heterocycles. The molecule has 0 radical (unpaired) electrons. The highest BCUT2D eigenvalue weighted by Crippen LogP contribution is 2.32. The molecule has 7 heteroatoms. The van der Waals surface area contributed by atoms with Gasteiger partial charge in [0.25, 0.3) is 0 Å². The first-order chi connectivity index (χ1) is 15.1. The first-order valence-corrected chi connectivity index (χ1v) is 10.4. The fourth-order valence-electron chi connectivity index (χ4n) is 3.61. The van der Waals surface area contributed by atoms with Gasteiger partial charge in [-0.2, -0.15) is 0 Å². The molecule has 1 saturated carbocycles. The summed E-state index contributed by atoms with van der Waals surface area (Å²) in [6.45, 7) is 2.60. The SMILES string of the molecule is CCOc1ccc(Cc2ncc3c(n2)c(NC2CC2)nc2cc(C(=O)O)ccc23)cc1. The van der Waals surface area contributed by atoms with Crippen molar-refractivity contribution in [1.82, 2.24) is 15.0 Å². The van der Waals surface area contributed by atoms with E-state index in [1.54, 1.807) is 18.2 Å². The van der Waals surface area contributed by atoms with Crippen LogP contribution in [0.2, 0.25) is 0 Å². The largest absolute Gasteiger partial charge is 0.494 e. The second-order valence-corrected chi connectivity index (χ2v) is 7.72. The Morgan fingerprint density at radius 1 is 1.13 bits per heavy atom. The molecule has 0 saturated heterocycles. The van der Waals surface area contributed by atoms with Gasteiger partial charge in [0.05, 0.1) is 17.7 Å². The van der Waals surface area contributed by atoms with Gasteiger partial charge in [-0.15, -0.1) is 0 Å². The fraction of sp³-hybridized carbons (Fsp3) is 0.250. The van der Waals surface area contributed by atoms with Gasteiger partial charge in [-0.3, -0.25) is 0 Å². The van der Waals surface area contributed by atoms with Crippen LogP contribution in [-0.2, 0) is 6.42 Å². The van der Waals surface area contributed by atoms with Crippen LogP contribution in [-0.4, -0.2) is 38.7 Å². The summed E-state index contributed by atoms with van der Waals surface area (Å²) in [5.41, 5.74) is 2.70. The van der Waals surface area contributed by atoms with Crippen LogP contribution < -0.4 is 10.1 Å². The van der Waals surface area contributed by atoms with E-state index in [-0.39, 0.29) is 5.56 Å². The maximum atomic E-state index is 11.4. The fourth-order valence-corrected chi connectivity index (χ4v) is 3.61. The molecule has 7 nitrogen and oxygen atoms in total. The number of benzene rings is 2. The van der Waals surface area contributed by atoms with Crippen molar-refractivity contribution >= 4 is 33.6 Å². The van der Waals surface area contributed by atoms with Gasteiger partial charge in [0, 0.05) is 29.4 Å². The number of carbonyl (C=O) groups is 1. The molecule has 1 fully saturated rings. The molecule has 0 spiro atoms. The van der Waals surface area contributed by atoms with Crippen LogP contribution in [0.25, 0.3) is 21.8 Å². The van der Waals surface area contributed by atoms with Crippen molar-refractivity contribution in [3.8, 4) is 5.75 Å². The number of aromatic nitrogens is 3. The summed E-state index contributed by atoms with van der Waals surface area (Å²) < 4.78 is 5.51. The van der Waals surface area contributed by atoms with Crippen LogP contribution in [0, 0.1) is 0 Å². The number of hydrogen-bond acceptors (Lipinski definition) is 6. The van der Waals surface area contributed by atoms with Crippen molar-refractivity contribution in [3.63, 3.8) is 0 Å². The third kappa shape index (κ3) is 3.99. The Kier molecular flexibility index (Phi) is 4.86. The Balaban J connectivity index is 1.56. The van der Waals surface area contributed by atoms with E-state index < -0.39 is 5.97 Å². The smallest absolute Gasteiger partial charge is 0.335 e. The lowest BCUT2D eigenvalue weighted by Crippen LogP contribution is -2.07. The van der Waals surface area contributed by atoms with Crippen molar-refractivity contribution in [1.29, 1.82) is 0 Å². The van der Waals surface area contributed by atoms with Gasteiger partial charge in [-0.25, -0.2) is 19.7 Å². The average Bonchev–Trinajstić information content (AvgIpc) is 3.59. The molecule has 156 valence electrons. The van der Waals surface area contributed by atoms with Gasteiger partial charge in [0.15, 0.2) is 5.82 Å². The van der Waals surface area contributed by atoms with Gasteiger partial charge in [-0.05, 0) is 49.6 Å². The highest BCUT2D eigenvalue weighted by molar-refractivity contribution is 6.09. The van der Waals surface area contributed by atoms with Crippen molar-refractivity contribution in [2.24, 2.45) is 0 Å². The number of aromatic carboxylic acids is 1. The normalized spacial score (nSPS) is 13.5. The topological polar surface area (TPSA) is 97.2 Å². The lowest BCUT2D eigenvalue weighted by atomic mass is 10.1. The standard InChI is InChI=1S/C24H22N4O3/c1-2-31-17-8-3-14(4-9-17)11-21-25-13-19-18-10-5-15(24(29)30)12-20(18)27-23(22(19)28-21)26-16-6-7-16/h3-5,8-10,12-13,16H,2,6-7,11H2,1H3,(H,26,27)(H,29,30). The second-order valence-electron chi connectivity index (χ2n) is 7.72. The molecule has 2 N–H and O–H groups in total. The Hall–Kier alpha value is -3.74. The number of rotatable bonds is 7. The summed E-state index contributed by atoms with van der Waals surface area (Å²) in [6.07, 6.45) is 4.61. The summed E-state index contributed by atoms with van der Waals surface area (Å²) >= 11 is 0. The van der Waals surface area contributed by atoms with E-state index in [1.165, 1.54) is 0 Å². The highest BCUT2D eigenvalue weighted by Gasteiger charge is 2.23.